The van der Waals surface area contributed by atoms with Crippen LogP contribution in [0.3, 0.4) is 0 Å². The number of hydrazone groups is 1. The molecule has 1 aliphatic rings. The molecule has 1 aliphatic carbocycles. The summed E-state index contributed by atoms with van der Waals surface area (Å²) in [6, 6.07) is 11.4. The number of amides is 1. The standard InChI is InChI=1S/C26H31N3O3/c1-3-5-14-32-24-13-10-18(15-25(24)31-4-2)17-27-29-26(30)19-11-12-23-21(16-19)20-8-6-7-9-22(20)28-23/h10-13,15-17,28H,3-9,14H2,1-2H3,(H,29,30)/b27-17+. The smallest absolute Gasteiger partial charge is 0.271 e. The van der Waals surface area contributed by atoms with E-state index in [-0.39, 0.29) is 5.91 Å². The Morgan fingerprint density at radius 1 is 1.09 bits per heavy atom. The van der Waals surface area contributed by atoms with Gasteiger partial charge in [-0.15, -0.1) is 0 Å². The highest BCUT2D eigenvalue weighted by Gasteiger charge is 2.16. The van der Waals surface area contributed by atoms with Crippen LogP contribution in [0.4, 0.5) is 0 Å². The first-order valence-electron chi connectivity index (χ1n) is 11.6. The van der Waals surface area contributed by atoms with Crippen molar-refractivity contribution < 1.29 is 14.3 Å². The Kier molecular flexibility index (Phi) is 7.10. The third-order valence-electron chi connectivity index (χ3n) is 5.76. The van der Waals surface area contributed by atoms with Gasteiger partial charge in [0.1, 0.15) is 0 Å². The average Bonchev–Trinajstić information content (AvgIpc) is 3.18. The zero-order valence-electron chi connectivity index (χ0n) is 18.9. The first kappa shape index (κ1) is 21.9. The van der Waals surface area contributed by atoms with Crippen molar-refractivity contribution in [2.75, 3.05) is 13.2 Å². The number of fused-ring (bicyclic) bond motifs is 3. The van der Waals surface area contributed by atoms with E-state index in [2.05, 4.69) is 22.4 Å². The highest BCUT2D eigenvalue weighted by atomic mass is 16.5. The van der Waals surface area contributed by atoms with Crippen LogP contribution < -0.4 is 14.9 Å². The van der Waals surface area contributed by atoms with E-state index in [0.29, 0.717) is 24.5 Å². The summed E-state index contributed by atoms with van der Waals surface area (Å²) in [6.07, 6.45) is 8.27. The second-order valence-corrected chi connectivity index (χ2v) is 8.09. The number of carbonyl (C=O) groups is 1. The van der Waals surface area contributed by atoms with Crippen molar-refractivity contribution >= 4 is 23.0 Å². The maximum Gasteiger partial charge on any atom is 0.271 e. The average molecular weight is 434 g/mol. The molecule has 0 atom stereocenters. The molecular formula is C26H31N3O3. The summed E-state index contributed by atoms with van der Waals surface area (Å²) >= 11 is 0. The summed E-state index contributed by atoms with van der Waals surface area (Å²) in [6.45, 7) is 5.28. The minimum Gasteiger partial charge on any atom is -0.490 e. The summed E-state index contributed by atoms with van der Waals surface area (Å²) in [4.78, 5) is 16.2. The monoisotopic (exact) mass is 433 g/mol. The summed E-state index contributed by atoms with van der Waals surface area (Å²) in [7, 11) is 0. The first-order valence-corrected chi connectivity index (χ1v) is 11.6. The SMILES string of the molecule is CCCCOc1ccc(/C=N/NC(=O)c2ccc3[nH]c4c(c3c2)CCCC4)cc1OCC. The van der Waals surface area contributed by atoms with Crippen LogP contribution in [-0.2, 0) is 12.8 Å². The van der Waals surface area contributed by atoms with E-state index < -0.39 is 0 Å². The molecule has 0 fully saturated rings. The Labute approximate surface area is 189 Å². The van der Waals surface area contributed by atoms with E-state index in [0.717, 1.165) is 47.9 Å². The number of ether oxygens (including phenoxy) is 2. The number of rotatable bonds is 9. The third kappa shape index (κ3) is 4.96. The lowest BCUT2D eigenvalue weighted by Gasteiger charge is -2.12. The molecule has 1 aromatic heterocycles. The molecule has 1 amide bonds. The number of unbranched alkanes of at least 4 members (excludes halogenated alkanes) is 1. The molecule has 2 aromatic carbocycles. The second-order valence-electron chi connectivity index (χ2n) is 8.09. The number of hydrogen-bond acceptors (Lipinski definition) is 4. The lowest BCUT2D eigenvalue weighted by Crippen LogP contribution is -2.17. The van der Waals surface area contributed by atoms with Gasteiger partial charge < -0.3 is 14.5 Å². The summed E-state index contributed by atoms with van der Waals surface area (Å²) in [5, 5.41) is 5.30. The zero-order valence-corrected chi connectivity index (χ0v) is 18.9. The lowest BCUT2D eigenvalue weighted by atomic mass is 9.95. The van der Waals surface area contributed by atoms with Crippen LogP contribution in [0.25, 0.3) is 10.9 Å². The Morgan fingerprint density at radius 2 is 1.97 bits per heavy atom. The van der Waals surface area contributed by atoms with Gasteiger partial charge in [-0.1, -0.05) is 13.3 Å². The van der Waals surface area contributed by atoms with E-state index in [4.69, 9.17) is 9.47 Å². The number of benzene rings is 2. The van der Waals surface area contributed by atoms with Crippen LogP contribution in [0, 0.1) is 0 Å². The largest absolute Gasteiger partial charge is 0.490 e. The van der Waals surface area contributed by atoms with Gasteiger partial charge in [-0.25, -0.2) is 5.43 Å². The fourth-order valence-corrected chi connectivity index (χ4v) is 4.10. The molecule has 0 bridgehead atoms. The first-order chi connectivity index (χ1) is 15.7. The zero-order chi connectivity index (χ0) is 22.3. The highest BCUT2D eigenvalue weighted by molar-refractivity contribution is 5.99. The van der Waals surface area contributed by atoms with Crippen LogP contribution in [0.1, 0.15) is 66.7 Å². The van der Waals surface area contributed by atoms with Gasteiger partial charge in [0.2, 0.25) is 0 Å². The van der Waals surface area contributed by atoms with Gasteiger partial charge in [-0.3, -0.25) is 4.79 Å². The molecule has 168 valence electrons. The summed E-state index contributed by atoms with van der Waals surface area (Å²) in [5.74, 6) is 1.18. The molecule has 0 saturated carbocycles. The van der Waals surface area contributed by atoms with Crippen molar-refractivity contribution in [3.8, 4) is 11.5 Å². The van der Waals surface area contributed by atoms with Gasteiger partial charge in [0.25, 0.3) is 5.91 Å². The molecular weight excluding hydrogens is 402 g/mol. The molecule has 0 saturated heterocycles. The normalized spacial score (nSPS) is 13.3. The third-order valence-corrected chi connectivity index (χ3v) is 5.76. The van der Waals surface area contributed by atoms with Gasteiger partial charge in [-0.2, -0.15) is 5.10 Å². The molecule has 32 heavy (non-hydrogen) atoms. The Morgan fingerprint density at radius 3 is 2.81 bits per heavy atom. The quantitative estimate of drug-likeness (QED) is 0.270. The predicted octanol–water partition coefficient (Wildman–Crippen LogP) is 5.39. The molecule has 0 radical (unpaired) electrons. The van der Waals surface area contributed by atoms with Gasteiger partial charge in [0.15, 0.2) is 11.5 Å². The van der Waals surface area contributed by atoms with Crippen molar-refractivity contribution in [2.45, 2.75) is 52.4 Å². The second kappa shape index (κ2) is 10.4. The molecule has 0 spiro atoms. The van der Waals surface area contributed by atoms with Crippen LogP contribution in [0.15, 0.2) is 41.5 Å². The van der Waals surface area contributed by atoms with Crippen molar-refractivity contribution in [3.05, 3.63) is 58.8 Å². The Balaban J connectivity index is 1.44. The Hall–Kier alpha value is -3.28. The van der Waals surface area contributed by atoms with Crippen LogP contribution in [0.5, 0.6) is 11.5 Å². The number of H-pyrrole nitrogens is 1. The minimum atomic E-state index is -0.224. The molecule has 4 rings (SSSR count). The molecule has 6 heteroatoms. The number of hydrogen-bond donors (Lipinski definition) is 2. The van der Waals surface area contributed by atoms with Gasteiger partial charge in [-0.05, 0) is 86.6 Å². The highest BCUT2D eigenvalue weighted by Crippen LogP contribution is 2.30. The fraction of sp³-hybridized carbons (Fsp3) is 0.385. The number of nitrogens with one attached hydrogen (secondary N) is 2. The maximum absolute atomic E-state index is 12.7. The number of aromatic amines is 1. The molecule has 0 unspecified atom stereocenters. The van der Waals surface area contributed by atoms with Gasteiger partial charge >= 0.3 is 0 Å². The van der Waals surface area contributed by atoms with Crippen molar-refractivity contribution in [1.82, 2.24) is 10.4 Å². The van der Waals surface area contributed by atoms with E-state index in [1.807, 2.05) is 43.3 Å². The Bertz CT molecular complexity index is 1120. The van der Waals surface area contributed by atoms with Crippen molar-refractivity contribution in [3.63, 3.8) is 0 Å². The number of carbonyl (C=O) groups excluding carboxylic acids is 1. The van der Waals surface area contributed by atoms with Crippen LogP contribution in [0.2, 0.25) is 0 Å². The summed E-state index contributed by atoms with van der Waals surface area (Å²) < 4.78 is 11.5. The molecule has 1 heterocycles. The minimum absolute atomic E-state index is 0.224. The van der Waals surface area contributed by atoms with Crippen molar-refractivity contribution in [2.24, 2.45) is 5.10 Å². The predicted molar refractivity (Wildman–Crippen MR) is 128 cm³/mol. The van der Waals surface area contributed by atoms with Crippen LogP contribution in [-0.4, -0.2) is 30.3 Å². The summed E-state index contributed by atoms with van der Waals surface area (Å²) in [5.41, 5.74) is 7.84. The van der Waals surface area contributed by atoms with Gasteiger partial charge in [0.05, 0.1) is 19.4 Å². The van der Waals surface area contributed by atoms with E-state index in [1.165, 1.54) is 24.1 Å². The molecule has 0 aliphatic heterocycles. The van der Waals surface area contributed by atoms with Gasteiger partial charge in [0, 0.05) is 22.2 Å². The molecule has 6 nitrogen and oxygen atoms in total. The van der Waals surface area contributed by atoms with Crippen LogP contribution >= 0.6 is 0 Å². The van der Waals surface area contributed by atoms with E-state index in [9.17, 15) is 4.79 Å². The lowest BCUT2D eigenvalue weighted by molar-refractivity contribution is 0.0955. The number of aromatic nitrogens is 1. The molecule has 3 aromatic rings. The topological polar surface area (TPSA) is 75.7 Å². The maximum atomic E-state index is 12.7. The number of nitrogens with zero attached hydrogens (tertiary/aromatic N) is 1. The van der Waals surface area contributed by atoms with E-state index >= 15 is 0 Å². The molecule has 2 N–H and O–H groups in total. The van der Waals surface area contributed by atoms with E-state index in [1.54, 1.807) is 6.21 Å². The fourth-order valence-electron chi connectivity index (χ4n) is 4.10. The number of aryl methyl sites for hydroxylation is 2. The van der Waals surface area contributed by atoms with Crippen molar-refractivity contribution in [1.29, 1.82) is 0 Å².